The van der Waals surface area contributed by atoms with Gasteiger partial charge in [0.05, 0.1) is 9.52 Å². The normalized spacial score (nSPS) is 20.7. The Kier molecular flexibility index (Phi) is 1.90. The van der Waals surface area contributed by atoms with Crippen LogP contribution in [-0.2, 0) is 0 Å². The molecule has 2 rings (SSSR count). The molecule has 0 bridgehead atoms. The van der Waals surface area contributed by atoms with E-state index in [4.69, 9.17) is 0 Å². The topological polar surface area (TPSA) is 0 Å². The summed E-state index contributed by atoms with van der Waals surface area (Å²) in [5.41, 5.74) is 0. The van der Waals surface area contributed by atoms with Gasteiger partial charge in [-0.2, -0.15) is 0 Å². The lowest BCUT2D eigenvalue weighted by atomic mass is 10.5. The molecule has 0 unspecified atom stereocenters. The number of hydrogen-bond acceptors (Lipinski definition) is 0. The molecule has 56 valence electrons. The van der Waals surface area contributed by atoms with Gasteiger partial charge in [0.2, 0.25) is 0 Å². The van der Waals surface area contributed by atoms with Crippen molar-refractivity contribution >= 4 is 9.52 Å². The van der Waals surface area contributed by atoms with E-state index in [2.05, 4.69) is 36.5 Å². The summed E-state index contributed by atoms with van der Waals surface area (Å²) in [6.45, 7) is 0. The smallest absolute Gasteiger partial charge is 0.0781 e. The zero-order chi connectivity index (χ0) is 7.52. The Bertz CT molecular complexity index is 239. The van der Waals surface area contributed by atoms with Crippen LogP contribution in [-0.4, -0.2) is 9.52 Å². The van der Waals surface area contributed by atoms with E-state index in [-0.39, 0.29) is 9.52 Å². The van der Waals surface area contributed by atoms with Crippen molar-refractivity contribution in [3.05, 3.63) is 46.8 Å². The molecule has 0 aromatic carbocycles. The Hall–Kier alpha value is -0.823. The van der Waals surface area contributed by atoms with Gasteiger partial charge in [-0.15, -0.1) is 0 Å². The molecule has 2 aliphatic carbocycles. The molecule has 0 atom stereocenters. The average Bonchev–Trinajstić information content (AvgIpc) is 2.60. The Labute approximate surface area is 69.8 Å². The molecule has 2 aliphatic rings. The summed E-state index contributed by atoms with van der Waals surface area (Å²) in [7, 11) is -0.0386. The van der Waals surface area contributed by atoms with Gasteiger partial charge in [-0.05, 0) is 12.8 Å². The molecular formula is C10H12Si. The molecule has 0 aromatic heterocycles. The molecule has 0 spiro atoms. The molecule has 0 amide bonds. The summed E-state index contributed by atoms with van der Waals surface area (Å²) in [6, 6.07) is 0. The Morgan fingerprint density at radius 2 is 1.45 bits per heavy atom. The molecule has 0 saturated carbocycles. The third kappa shape index (κ3) is 1.60. The van der Waals surface area contributed by atoms with E-state index >= 15 is 0 Å². The summed E-state index contributed by atoms with van der Waals surface area (Å²) in [5, 5.41) is 3.39. The maximum Gasteiger partial charge on any atom is 0.0781 e. The monoisotopic (exact) mass is 160 g/mol. The first-order chi connectivity index (χ1) is 5.45. The highest BCUT2D eigenvalue weighted by molar-refractivity contribution is 6.54. The molecular weight excluding hydrogens is 148 g/mol. The predicted octanol–water partition coefficient (Wildman–Crippen LogP) is 1.84. The van der Waals surface area contributed by atoms with Crippen LogP contribution in [0.1, 0.15) is 12.8 Å². The number of rotatable bonds is 2. The van der Waals surface area contributed by atoms with Crippen molar-refractivity contribution in [3.8, 4) is 0 Å². The molecule has 0 N–H and O–H groups in total. The van der Waals surface area contributed by atoms with Crippen LogP contribution < -0.4 is 0 Å². The van der Waals surface area contributed by atoms with E-state index < -0.39 is 0 Å². The van der Waals surface area contributed by atoms with Crippen LogP contribution in [0.15, 0.2) is 46.8 Å². The first-order valence-corrected chi connectivity index (χ1v) is 5.56. The van der Waals surface area contributed by atoms with Gasteiger partial charge in [-0.25, -0.2) is 0 Å². The van der Waals surface area contributed by atoms with Crippen LogP contribution in [0.4, 0.5) is 0 Å². The largest absolute Gasteiger partial charge is 0.0809 e. The summed E-state index contributed by atoms with van der Waals surface area (Å²) >= 11 is 0. The molecule has 0 fully saturated rings. The first-order valence-electron chi connectivity index (χ1n) is 4.14. The third-order valence-electron chi connectivity index (χ3n) is 2.15. The SMILES string of the molecule is C1=CCC([SiH2]C2=CC=CC2)=C1. The van der Waals surface area contributed by atoms with Crippen molar-refractivity contribution in [1.82, 2.24) is 0 Å². The third-order valence-corrected chi connectivity index (χ3v) is 4.11. The molecule has 11 heavy (non-hydrogen) atoms. The van der Waals surface area contributed by atoms with Crippen LogP contribution >= 0.6 is 0 Å². The quantitative estimate of drug-likeness (QED) is 0.541. The lowest BCUT2D eigenvalue weighted by Crippen LogP contribution is -1.96. The highest BCUT2D eigenvalue weighted by Gasteiger charge is 2.04. The summed E-state index contributed by atoms with van der Waals surface area (Å²) in [4.78, 5) is 0. The van der Waals surface area contributed by atoms with Crippen LogP contribution in [0.5, 0.6) is 0 Å². The van der Waals surface area contributed by atoms with Gasteiger partial charge in [0.1, 0.15) is 0 Å². The minimum absolute atomic E-state index is 0.0386. The highest BCUT2D eigenvalue weighted by atomic mass is 28.2. The molecule has 0 aliphatic heterocycles. The minimum atomic E-state index is -0.0386. The van der Waals surface area contributed by atoms with E-state index in [1.807, 2.05) is 0 Å². The standard InChI is InChI=1S/C10H12Si/c1-2-6-9(5-1)11-10-7-3-4-8-10/h1-5,7H,6,8,11H2. The first kappa shape index (κ1) is 6.86. The zero-order valence-electron chi connectivity index (χ0n) is 6.59. The summed E-state index contributed by atoms with van der Waals surface area (Å²) in [5.74, 6) is 0. The lowest BCUT2D eigenvalue weighted by Gasteiger charge is -2.00. The van der Waals surface area contributed by atoms with Crippen molar-refractivity contribution < 1.29 is 0 Å². The van der Waals surface area contributed by atoms with Crippen molar-refractivity contribution in [2.75, 3.05) is 0 Å². The number of allylic oxidation sites excluding steroid dienone is 8. The van der Waals surface area contributed by atoms with E-state index in [1.165, 1.54) is 12.8 Å². The minimum Gasteiger partial charge on any atom is -0.0809 e. The second kappa shape index (κ2) is 3.05. The van der Waals surface area contributed by atoms with Crippen LogP contribution in [0.3, 0.4) is 0 Å². The van der Waals surface area contributed by atoms with Crippen molar-refractivity contribution in [1.29, 1.82) is 0 Å². The Balaban J connectivity index is 1.91. The van der Waals surface area contributed by atoms with E-state index in [0.29, 0.717) is 0 Å². The Morgan fingerprint density at radius 1 is 0.909 bits per heavy atom. The van der Waals surface area contributed by atoms with E-state index in [1.54, 1.807) is 10.4 Å². The van der Waals surface area contributed by atoms with Crippen molar-refractivity contribution in [2.45, 2.75) is 12.8 Å². The second-order valence-corrected chi connectivity index (χ2v) is 5.26. The maximum atomic E-state index is 2.30. The fourth-order valence-electron chi connectivity index (χ4n) is 1.54. The van der Waals surface area contributed by atoms with Crippen LogP contribution in [0.2, 0.25) is 0 Å². The fourth-order valence-corrected chi connectivity index (χ4v) is 3.25. The second-order valence-electron chi connectivity index (χ2n) is 3.09. The average molecular weight is 160 g/mol. The summed E-state index contributed by atoms with van der Waals surface area (Å²) < 4.78 is 0. The molecule has 0 heterocycles. The zero-order valence-corrected chi connectivity index (χ0v) is 8.00. The van der Waals surface area contributed by atoms with E-state index in [9.17, 15) is 0 Å². The highest BCUT2D eigenvalue weighted by Crippen LogP contribution is 2.16. The van der Waals surface area contributed by atoms with Gasteiger partial charge >= 0.3 is 0 Å². The van der Waals surface area contributed by atoms with Crippen molar-refractivity contribution in [3.63, 3.8) is 0 Å². The van der Waals surface area contributed by atoms with Gasteiger partial charge in [0.15, 0.2) is 0 Å². The predicted molar refractivity (Wildman–Crippen MR) is 52.2 cm³/mol. The van der Waals surface area contributed by atoms with Gasteiger partial charge in [-0.1, -0.05) is 46.8 Å². The molecule has 0 saturated heterocycles. The van der Waals surface area contributed by atoms with Gasteiger partial charge in [0, 0.05) is 0 Å². The van der Waals surface area contributed by atoms with E-state index in [0.717, 1.165) is 0 Å². The van der Waals surface area contributed by atoms with Gasteiger partial charge < -0.3 is 0 Å². The Morgan fingerprint density at radius 3 is 1.82 bits per heavy atom. The molecule has 0 radical (unpaired) electrons. The van der Waals surface area contributed by atoms with Crippen LogP contribution in [0, 0.1) is 0 Å². The summed E-state index contributed by atoms with van der Waals surface area (Å²) in [6.07, 6.45) is 15.9. The maximum absolute atomic E-state index is 2.30. The lowest BCUT2D eigenvalue weighted by molar-refractivity contribution is 1.35. The van der Waals surface area contributed by atoms with Crippen molar-refractivity contribution in [2.24, 2.45) is 0 Å². The fraction of sp³-hybridized carbons (Fsp3) is 0.200. The molecule has 0 aromatic rings. The van der Waals surface area contributed by atoms with Gasteiger partial charge in [0.25, 0.3) is 0 Å². The molecule has 1 heteroatoms. The molecule has 0 nitrogen and oxygen atoms in total. The van der Waals surface area contributed by atoms with Crippen LogP contribution in [0.25, 0.3) is 0 Å². The van der Waals surface area contributed by atoms with Gasteiger partial charge in [-0.3, -0.25) is 0 Å². The number of hydrogen-bond donors (Lipinski definition) is 0.